The number of hydrogen-bond acceptors (Lipinski definition) is 1. The Bertz CT molecular complexity index is 367. The Balaban J connectivity index is 3.38. The molecule has 2 N–H and O–H groups in total. The number of benzene rings is 1. The number of halogens is 2. The second-order valence-corrected chi connectivity index (χ2v) is 5.15. The largest absolute Gasteiger partial charge is 0.322 e. The molecule has 1 rings (SSSR count). The summed E-state index contributed by atoms with van der Waals surface area (Å²) in [6.07, 6.45) is 0. The summed E-state index contributed by atoms with van der Waals surface area (Å²) >= 11 is 5.84. The smallest absolute Gasteiger partial charge is 0.146 e. The first-order valence-corrected chi connectivity index (χ1v) is 5.39. The summed E-state index contributed by atoms with van der Waals surface area (Å²) < 4.78 is 13.7. The third kappa shape index (κ3) is 2.70. The van der Waals surface area contributed by atoms with E-state index in [4.69, 9.17) is 17.3 Å². The van der Waals surface area contributed by atoms with Crippen LogP contribution in [0.3, 0.4) is 0 Å². The Morgan fingerprint density at radius 3 is 2.27 bits per heavy atom. The van der Waals surface area contributed by atoms with Gasteiger partial charge in [0.25, 0.3) is 0 Å². The van der Waals surface area contributed by atoms with Gasteiger partial charge in [0.05, 0.1) is 5.02 Å². The second kappa shape index (κ2) is 4.11. The van der Waals surface area contributed by atoms with Gasteiger partial charge < -0.3 is 5.73 Å². The summed E-state index contributed by atoms with van der Waals surface area (Å²) in [7, 11) is 0. The van der Waals surface area contributed by atoms with E-state index in [0.717, 1.165) is 5.56 Å². The third-order valence-electron chi connectivity index (χ3n) is 2.41. The van der Waals surface area contributed by atoms with E-state index in [0.29, 0.717) is 11.5 Å². The van der Waals surface area contributed by atoms with E-state index in [1.165, 1.54) is 0 Å². The molecule has 0 aliphatic heterocycles. The predicted octanol–water partition coefficient (Wildman–Crippen LogP) is 3.80. The fraction of sp³-hybridized carbons (Fsp3) is 0.500. The highest BCUT2D eigenvalue weighted by Crippen LogP contribution is 2.30. The molecule has 0 amide bonds. The molecule has 0 aromatic heterocycles. The number of hydrogen-bond donors (Lipinski definition) is 1. The Morgan fingerprint density at radius 2 is 1.87 bits per heavy atom. The van der Waals surface area contributed by atoms with Gasteiger partial charge in [-0.05, 0) is 31.4 Å². The van der Waals surface area contributed by atoms with Gasteiger partial charge >= 0.3 is 0 Å². The lowest BCUT2D eigenvalue weighted by atomic mass is 9.91. The molecule has 0 radical (unpaired) electrons. The molecule has 0 aliphatic rings. The van der Waals surface area contributed by atoms with Crippen molar-refractivity contribution in [2.75, 3.05) is 0 Å². The van der Waals surface area contributed by atoms with Gasteiger partial charge in [-0.3, -0.25) is 0 Å². The van der Waals surface area contributed by atoms with Gasteiger partial charge in [-0.2, -0.15) is 0 Å². The van der Waals surface area contributed by atoms with E-state index in [1.807, 2.05) is 13.8 Å². The summed E-state index contributed by atoms with van der Waals surface area (Å²) in [4.78, 5) is 0. The molecule has 3 heteroatoms. The standard InChI is InChI=1S/C12H17ClFN/c1-7(2)8-5-9(12(3,4)15)11(14)10(13)6-8/h5-7H,15H2,1-4H3. The Morgan fingerprint density at radius 1 is 1.33 bits per heavy atom. The van der Waals surface area contributed by atoms with Gasteiger partial charge in [0.15, 0.2) is 0 Å². The lowest BCUT2D eigenvalue weighted by Crippen LogP contribution is -2.30. The van der Waals surface area contributed by atoms with E-state index in [-0.39, 0.29) is 5.02 Å². The topological polar surface area (TPSA) is 26.0 Å². The minimum atomic E-state index is -0.710. The maximum atomic E-state index is 13.7. The quantitative estimate of drug-likeness (QED) is 0.820. The molecule has 0 heterocycles. The molecule has 1 aromatic carbocycles. The summed E-state index contributed by atoms with van der Waals surface area (Å²) in [5, 5.41) is 0.148. The van der Waals surface area contributed by atoms with Gasteiger partial charge in [-0.25, -0.2) is 4.39 Å². The molecule has 0 atom stereocenters. The van der Waals surface area contributed by atoms with Gasteiger partial charge in [0.1, 0.15) is 5.82 Å². The Labute approximate surface area is 95.4 Å². The van der Waals surface area contributed by atoms with Crippen molar-refractivity contribution in [1.82, 2.24) is 0 Å². The molecule has 84 valence electrons. The van der Waals surface area contributed by atoms with E-state index in [1.54, 1.807) is 26.0 Å². The first-order valence-electron chi connectivity index (χ1n) is 5.01. The highest BCUT2D eigenvalue weighted by Gasteiger charge is 2.22. The van der Waals surface area contributed by atoms with Crippen molar-refractivity contribution < 1.29 is 4.39 Å². The summed E-state index contributed by atoms with van der Waals surface area (Å²) in [5.41, 5.74) is 6.67. The van der Waals surface area contributed by atoms with Crippen molar-refractivity contribution in [1.29, 1.82) is 0 Å². The third-order valence-corrected chi connectivity index (χ3v) is 2.69. The van der Waals surface area contributed by atoms with Crippen LogP contribution in [-0.4, -0.2) is 0 Å². The fourth-order valence-electron chi connectivity index (χ4n) is 1.41. The zero-order valence-electron chi connectivity index (χ0n) is 9.57. The normalized spacial score (nSPS) is 12.3. The van der Waals surface area contributed by atoms with Crippen LogP contribution in [0.15, 0.2) is 12.1 Å². The average Bonchev–Trinajstić information content (AvgIpc) is 2.06. The molecule has 1 nitrogen and oxygen atoms in total. The van der Waals surface area contributed by atoms with Crippen LogP contribution < -0.4 is 5.73 Å². The Hall–Kier alpha value is -0.600. The van der Waals surface area contributed by atoms with Crippen molar-refractivity contribution in [3.05, 3.63) is 34.1 Å². The minimum Gasteiger partial charge on any atom is -0.322 e. The van der Waals surface area contributed by atoms with Crippen LogP contribution in [0.5, 0.6) is 0 Å². The highest BCUT2D eigenvalue weighted by atomic mass is 35.5. The molecule has 0 bridgehead atoms. The maximum Gasteiger partial charge on any atom is 0.146 e. The molecule has 0 fully saturated rings. The average molecular weight is 230 g/mol. The van der Waals surface area contributed by atoms with Crippen LogP contribution in [0.2, 0.25) is 5.02 Å². The molecule has 0 spiro atoms. The molecule has 0 unspecified atom stereocenters. The van der Waals surface area contributed by atoms with Crippen LogP contribution in [0.25, 0.3) is 0 Å². The lowest BCUT2D eigenvalue weighted by molar-refractivity contribution is 0.500. The number of rotatable bonds is 2. The van der Waals surface area contributed by atoms with Crippen molar-refractivity contribution >= 4 is 11.6 Å². The monoisotopic (exact) mass is 229 g/mol. The van der Waals surface area contributed by atoms with E-state index < -0.39 is 11.4 Å². The first kappa shape index (κ1) is 12.5. The zero-order chi connectivity index (χ0) is 11.8. The summed E-state index contributed by atoms with van der Waals surface area (Å²) in [6, 6.07) is 3.46. The van der Waals surface area contributed by atoms with E-state index >= 15 is 0 Å². The SMILES string of the molecule is CC(C)c1cc(Cl)c(F)c(C(C)(C)N)c1. The molecule has 0 aliphatic carbocycles. The lowest BCUT2D eigenvalue weighted by Gasteiger charge is -2.22. The van der Waals surface area contributed by atoms with Crippen LogP contribution in [0.1, 0.15) is 44.7 Å². The van der Waals surface area contributed by atoms with Gasteiger partial charge in [-0.1, -0.05) is 31.5 Å². The van der Waals surface area contributed by atoms with E-state index in [9.17, 15) is 4.39 Å². The number of nitrogens with two attached hydrogens (primary N) is 1. The maximum absolute atomic E-state index is 13.7. The predicted molar refractivity (Wildman–Crippen MR) is 62.7 cm³/mol. The minimum absolute atomic E-state index is 0.148. The van der Waals surface area contributed by atoms with Crippen molar-refractivity contribution in [2.24, 2.45) is 5.73 Å². The molecule has 0 saturated carbocycles. The van der Waals surface area contributed by atoms with Crippen LogP contribution in [-0.2, 0) is 5.54 Å². The zero-order valence-corrected chi connectivity index (χ0v) is 10.3. The Kier molecular flexibility index (Phi) is 3.41. The molecule has 0 saturated heterocycles. The molecule has 15 heavy (non-hydrogen) atoms. The van der Waals surface area contributed by atoms with Crippen LogP contribution in [0.4, 0.5) is 4.39 Å². The molecular formula is C12H17ClFN. The van der Waals surface area contributed by atoms with Crippen LogP contribution >= 0.6 is 11.6 Å². The van der Waals surface area contributed by atoms with Crippen molar-refractivity contribution in [3.63, 3.8) is 0 Å². The van der Waals surface area contributed by atoms with Gasteiger partial charge in [0, 0.05) is 11.1 Å². The van der Waals surface area contributed by atoms with Crippen molar-refractivity contribution in [3.8, 4) is 0 Å². The van der Waals surface area contributed by atoms with Crippen molar-refractivity contribution in [2.45, 2.75) is 39.2 Å². The van der Waals surface area contributed by atoms with Gasteiger partial charge in [0.2, 0.25) is 0 Å². The second-order valence-electron chi connectivity index (χ2n) is 4.74. The fourth-order valence-corrected chi connectivity index (χ4v) is 1.64. The van der Waals surface area contributed by atoms with Crippen LogP contribution in [0, 0.1) is 5.82 Å². The first-order chi connectivity index (χ1) is 6.73. The molecule has 1 aromatic rings. The summed E-state index contributed by atoms with van der Waals surface area (Å²) in [5.74, 6) is -0.0993. The summed E-state index contributed by atoms with van der Waals surface area (Å²) in [6.45, 7) is 7.62. The molecular weight excluding hydrogens is 213 g/mol. The van der Waals surface area contributed by atoms with Gasteiger partial charge in [-0.15, -0.1) is 0 Å². The highest BCUT2D eigenvalue weighted by molar-refractivity contribution is 6.30. The van der Waals surface area contributed by atoms with E-state index in [2.05, 4.69) is 0 Å².